The summed E-state index contributed by atoms with van der Waals surface area (Å²) >= 11 is 0. The SMILES string of the molecule is CC1CC(C(=O)O)C(C(=O)NC2CCCC2CO)C1. The number of aliphatic hydroxyl groups is 1. The van der Waals surface area contributed by atoms with Gasteiger partial charge in [0.1, 0.15) is 0 Å². The van der Waals surface area contributed by atoms with Gasteiger partial charge in [0.15, 0.2) is 0 Å². The van der Waals surface area contributed by atoms with Crippen LogP contribution in [0.3, 0.4) is 0 Å². The second-order valence-corrected chi connectivity index (χ2v) is 6.12. The molecule has 3 N–H and O–H groups in total. The molecule has 0 bridgehead atoms. The number of nitrogens with one attached hydrogen (secondary N) is 1. The lowest BCUT2D eigenvalue weighted by Gasteiger charge is -2.22. The van der Waals surface area contributed by atoms with Crippen LogP contribution in [0.15, 0.2) is 0 Å². The van der Waals surface area contributed by atoms with Crippen molar-refractivity contribution >= 4 is 11.9 Å². The molecule has 0 saturated heterocycles. The summed E-state index contributed by atoms with van der Waals surface area (Å²) in [5, 5.41) is 21.4. The van der Waals surface area contributed by atoms with Crippen LogP contribution in [0.25, 0.3) is 0 Å². The summed E-state index contributed by atoms with van der Waals surface area (Å²) in [7, 11) is 0. The van der Waals surface area contributed by atoms with E-state index in [1.165, 1.54) is 0 Å². The highest BCUT2D eigenvalue weighted by Crippen LogP contribution is 2.37. The lowest BCUT2D eigenvalue weighted by molar-refractivity contribution is -0.146. The number of carboxylic acid groups (broad SMARTS) is 1. The lowest BCUT2D eigenvalue weighted by Crippen LogP contribution is -2.43. The molecule has 0 aromatic carbocycles. The molecule has 0 aliphatic heterocycles. The van der Waals surface area contributed by atoms with E-state index >= 15 is 0 Å². The summed E-state index contributed by atoms with van der Waals surface area (Å²) in [5.74, 6) is -1.55. The van der Waals surface area contributed by atoms with E-state index < -0.39 is 17.8 Å². The number of carbonyl (C=O) groups excluding carboxylic acids is 1. The Labute approximate surface area is 113 Å². The van der Waals surface area contributed by atoms with Crippen LogP contribution >= 0.6 is 0 Å². The number of amides is 1. The van der Waals surface area contributed by atoms with Gasteiger partial charge in [0.2, 0.25) is 5.91 Å². The molecule has 19 heavy (non-hydrogen) atoms. The average molecular weight is 269 g/mol. The van der Waals surface area contributed by atoms with Gasteiger partial charge in [-0.1, -0.05) is 13.3 Å². The molecule has 2 rings (SSSR count). The molecule has 0 spiro atoms. The molecule has 2 saturated carbocycles. The fourth-order valence-corrected chi connectivity index (χ4v) is 3.59. The van der Waals surface area contributed by atoms with Crippen LogP contribution in [0.4, 0.5) is 0 Å². The Morgan fingerprint density at radius 2 is 1.89 bits per heavy atom. The molecule has 5 heteroatoms. The van der Waals surface area contributed by atoms with Crippen molar-refractivity contribution in [3.8, 4) is 0 Å². The molecule has 2 aliphatic rings. The molecule has 2 fully saturated rings. The van der Waals surface area contributed by atoms with Gasteiger partial charge < -0.3 is 15.5 Å². The first kappa shape index (κ1) is 14.3. The van der Waals surface area contributed by atoms with Crippen LogP contribution in [0.2, 0.25) is 0 Å². The van der Waals surface area contributed by atoms with Gasteiger partial charge in [-0.3, -0.25) is 9.59 Å². The van der Waals surface area contributed by atoms with Gasteiger partial charge >= 0.3 is 5.97 Å². The van der Waals surface area contributed by atoms with Gasteiger partial charge in [-0.05, 0) is 31.6 Å². The summed E-state index contributed by atoms with van der Waals surface area (Å²) in [5.41, 5.74) is 0. The van der Waals surface area contributed by atoms with E-state index in [0.717, 1.165) is 19.3 Å². The maximum absolute atomic E-state index is 12.3. The van der Waals surface area contributed by atoms with Crippen molar-refractivity contribution < 1.29 is 19.8 Å². The van der Waals surface area contributed by atoms with Crippen molar-refractivity contribution in [2.45, 2.75) is 45.1 Å². The second-order valence-electron chi connectivity index (χ2n) is 6.12. The smallest absolute Gasteiger partial charge is 0.307 e. The molecule has 0 aromatic rings. The van der Waals surface area contributed by atoms with Crippen LogP contribution in [-0.2, 0) is 9.59 Å². The molecule has 5 atom stereocenters. The molecule has 0 aromatic heterocycles. The van der Waals surface area contributed by atoms with E-state index in [-0.39, 0.29) is 30.4 Å². The third kappa shape index (κ3) is 3.08. The number of aliphatic carboxylic acids is 1. The zero-order valence-electron chi connectivity index (χ0n) is 11.3. The van der Waals surface area contributed by atoms with Gasteiger partial charge in [0, 0.05) is 18.6 Å². The van der Waals surface area contributed by atoms with Crippen molar-refractivity contribution in [2.75, 3.05) is 6.61 Å². The summed E-state index contributed by atoms with van der Waals surface area (Å²) in [4.78, 5) is 23.5. The van der Waals surface area contributed by atoms with Crippen LogP contribution < -0.4 is 5.32 Å². The fourth-order valence-electron chi connectivity index (χ4n) is 3.59. The van der Waals surface area contributed by atoms with Gasteiger partial charge in [-0.2, -0.15) is 0 Å². The van der Waals surface area contributed by atoms with E-state index in [1.807, 2.05) is 6.92 Å². The van der Waals surface area contributed by atoms with E-state index in [2.05, 4.69) is 5.32 Å². The molecule has 5 nitrogen and oxygen atoms in total. The minimum absolute atomic E-state index is 0.0165. The number of carboxylic acids is 1. The zero-order valence-corrected chi connectivity index (χ0v) is 11.3. The Balaban J connectivity index is 1.97. The number of aliphatic hydroxyl groups excluding tert-OH is 1. The maximum Gasteiger partial charge on any atom is 0.307 e. The van der Waals surface area contributed by atoms with Crippen LogP contribution in [0.5, 0.6) is 0 Å². The van der Waals surface area contributed by atoms with Crippen molar-refractivity contribution in [2.24, 2.45) is 23.7 Å². The Morgan fingerprint density at radius 3 is 2.53 bits per heavy atom. The Kier molecular flexibility index (Phi) is 4.45. The molecule has 1 amide bonds. The van der Waals surface area contributed by atoms with Crippen LogP contribution in [0, 0.1) is 23.7 Å². The molecular weight excluding hydrogens is 246 g/mol. The fraction of sp³-hybridized carbons (Fsp3) is 0.857. The Bertz CT molecular complexity index is 357. The van der Waals surface area contributed by atoms with E-state index in [1.54, 1.807) is 0 Å². The molecular formula is C14H23NO4. The average Bonchev–Trinajstić information content (AvgIpc) is 2.95. The normalized spacial score (nSPS) is 38.3. The van der Waals surface area contributed by atoms with Crippen LogP contribution in [-0.4, -0.2) is 34.7 Å². The van der Waals surface area contributed by atoms with E-state index in [0.29, 0.717) is 12.8 Å². The standard InChI is InChI=1S/C14H23NO4/c1-8-5-10(11(6-8)14(18)19)13(17)15-12-4-2-3-9(12)7-16/h8-12,16H,2-7H2,1H3,(H,15,17)(H,18,19). The minimum Gasteiger partial charge on any atom is -0.481 e. The zero-order chi connectivity index (χ0) is 14.0. The summed E-state index contributed by atoms with van der Waals surface area (Å²) < 4.78 is 0. The first-order valence-corrected chi connectivity index (χ1v) is 7.17. The predicted octanol–water partition coefficient (Wildman–Crippen LogP) is 1.01. The number of hydrogen-bond acceptors (Lipinski definition) is 3. The van der Waals surface area contributed by atoms with Gasteiger partial charge in [0.05, 0.1) is 11.8 Å². The van der Waals surface area contributed by atoms with Gasteiger partial charge in [-0.15, -0.1) is 0 Å². The predicted molar refractivity (Wildman–Crippen MR) is 69.4 cm³/mol. The quantitative estimate of drug-likeness (QED) is 0.711. The lowest BCUT2D eigenvalue weighted by atomic mass is 9.94. The third-order valence-electron chi connectivity index (χ3n) is 4.67. The molecule has 0 heterocycles. The van der Waals surface area contributed by atoms with Crippen molar-refractivity contribution in [1.29, 1.82) is 0 Å². The highest BCUT2D eigenvalue weighted by molar-refractivity contribution is 5.85. The number of rotatable bonds is 4. The summed E-state index contributed by atoms with van der Waals surface area (Å²) in [6.07, 6.45) is 4.07. The molecule has 0 radical (unpaired) electrons. The second kappa shape index (κ2) is 5.90. The van der Waals surface area contributed by atoms with Gasteiger partial charge in [0.25, 0.3) is 0 Å². The minimum atomic E-state index is -0.866. The molecule has 108 valence electrons. The van der Waals surface area contributed by atoms with Crippen molar-refractivity contribution in [1.82, 2.24) is 5.32 Å². The Hall–Kier alpha value is -1.10. The summed E-state index contributed by atoms with van der Waals surface area (Å²) in [6.45, 7) is 2.09. The van der Waals surface area contributed by atoms with E-state index in [4.69, 9.17) is 0 Å². The molecule has 2 aliphatic carbocycles. The number of carbonyl (C=O) groups is 2. The van der Waals surface area contributed by atoms with Gasteiger partial charge in [-0.25, -0.2) is 0 Å². The third-order valence-corrected chi connectivity index (χ3v) is 4.67. The topological polar surface area (TPSA) is 86.6 Å². The highest BCUT2D eigenvalue weighted by Gasteiger charge is 2.42. The van der Waals surface area contributed by atoms with Crippen LogP contribution in [0.1, 0.15) is 39.0 Å². The number of hydrogen-bond donors (Lipinski definition) is 3. The molecule has 5 unspecified atom stereocenters. The largest absolute Gasteiger partial charge is 0.481 e. The summed E-state index contributed by atoms with van der Waals surface area (Å²) in [6, 6.07) is 0.0165. The highest BCUT2D eigenvalue weighted by atomic mass is 16.4. The van der Waals surface area contributed by atoms with Crippen molar-refractivity contribution in [3.05, 3.63) is 0 Å². The first-order valence-electron chi connectivity index (χ1n) is 7.17. The maximum atomic E-state index is 12.3. The Morgan fingerprint density at radius 1 is 1.21 bits per heavy atom. The van der Waals surface area contributed by atoms with Crippen molar-refractivity contribution in [3.63, 3.8) is 0 Å². The first-order chi connectivity index (χ1) is 9.02. The van der Waals surface area contributed by atoms with E-state index in [9.17, 15) is 19.8 Å². The monoisotopic (exact) mass is 269 g/mol.